The van der Waals surface area contributed by atoms with Gasteiger partial charge in [0.05, 0.1) is 44.7 Å². The number of ether oxygens (including phenoxy) is 1. The average Bonchev–Trinajstić information content (AvgIpc) is 3.08. The number of aromatic nitrogens is 2. The first-order valence-electron chi connectivity index (χ1n) is 9.96. The van der Waals surface area contributed by atoms with Gasteiger partial charge in [-0.25, -0.2) is 9.59 Å². The van der Waals surface area contributed by atoms with Crippen molar-refractivity contribution in [2.75, 3.05) is 27.2 Å². The molecule has 3 rings (SSSR count). The number of carbonyl (C=O) groups is 2. The number of aliphatic carboxylic acids is 2. The van der Waals surface area contributed by atoms with Gasteiger partial charge in [0.25, 0.3) is 0 Å². The third-order valence-corrected chi connectivity index (χ3v) is 4.25. The zero-order valence-electron chi connectivity index (χ0n) is 18.0. The van der Waals surface area contributed by atoms with Gasteiger partial charge in [-0.2, -0.15) is 0 Å². The van der Waals surface area contributed by atoms with Crippen LogP contribution in [0, 0.1) is 5.21 Å². The van der Waals surface area contributed by atoms with Crippen LogP contribution in [-0.2, 0) is 16.1 Å². The smallest absolute Gasteiger partial charge is 0.328 e. The van der Waals surface area contributed by atoms with Crippen molar-refractivity contribution in [2.24, 2.45) is 0 Å². The van der Waals surface area contributed by atoms with E-state index in [2.05, 4.69) is 23.3 Å². The molecule has 1 heterocycles. The molecule has 0 atom stereocenters. The summed E-state index contributed by atoms with van der Waals surface area (Å²) in [5, 5.41) is 32.9. The van der Waals surface area contributed by atoms with Crippen molar-refractivity contribution in [3.8, 4) is 5.88 Å². The van der Waals surface area contributed by atoms with Crippen molar-refractivity contribution >= 4 is 22.8 Å². The van der Waals surface area contributed by atoms with Crippen molar-refractivity contribution in [3.63, 3.8) is 0 Å². The van der Waals surface area contributed by atoms with Crippen LogP contribution in [-0.4, -0.2) is 63.8 Å². The molecule has 0 aliphatic rings. The molecular weight excluding hydrogens is 414 g/mol. The molecule has 170 valence electrons. The Bertz CT molecular complexity index is 1040. The van der Waals surface area contributed by atoms with E-state index in [1.807, 2.05) is 41.1 Å². The van der Waals surface area contributed by atoms with Crippen LogP contribution in [0.25, 0.3) is 10.9 Å². The monoisotopic (exact) mass is 441 g/mol. The average molecular weight is 441 g/mol. The lowest BCUT2D eigenvalue weighted by Gasteiger charge is -2.33. The molecule has 0 aliphatic carbocycles. The first-order valence-corrected chi connectivity index (χ1v) is 9.96. The summed E-state index contributed by atoms with van der Waals surface area (Å²) >= 11 is 0. The molecule has 2 N–H and O–H groups in total. The summed E-state index contributed by atoms with van der Waals surface area (Å²) in [6.07, 6.45) is 1.82. The van der Waals surface area contributed by atoms with Crippen molar-refractivity contribution in [1.29, 1.82) is 0 Å². The molecular formula is C23H27N3O6. The topological polar surface area (TPSA) is 125 Å². The molecule has 2 aromatic carbocycles. The predicted octanol–water partition coefficient (Wildman–Crippen LogP) is 3.14. The van der Waals surface area contributed by atoms with Crippen molar-refractivity contribution in [3.05, 3.63) is 77.5 Å². The number of quaternary nitrogens is 1. The Kier molecular flexibility index (Phi) is 8.94. The predicted molar refractivity (Wildman–Crippen MR) is 120 cm³/mol. The molecule has 0 fully saturated rings. The Labute approximate surface area is 185 Å². The zero-order chi connectivity index (χ0) is 23.6. The van der Waals surface area contributed by atoms with Crippen LogP contribution in [0.5, 0.6) is 5.88 Å². The van der Waals surface area contributed by atoms with Gasteiger partial charge in [-0.05, 0) is 17.7 Å². The molecule has 9 nitrogen and oxygen atoms in total. The van der Waals surface area contributed by atoms with Gasteiger partial charge in [-0.3, -0.25) is 4.68 Å². The second-order valence-electron chi connectivity index (χ2n) is 7.47. The minimum absolute atomic E-state index is 0.299. The third-order valence-electron chi connectivity index (χ3n) is 4.25. The number of nitrogens with zero attached hydrogens (tertiary/aromatic N) is 3. The number of hydrogen-bond donors (Lipinski definition) is 2. The Morgan fingerprint density at radius 2 is 1.62 bits per heavy atom. The quantitative estimate of drug-likeness (QED) is 0.226. The minimum atomic E-state index is -1.26. The first-order chi connectivity index (χ1) is 15.2. The van der Waals surface area contributed by atoms with Gasteiger partial charge in [0.2, 0.25) is 5.88 Å². The Morgan fingerprint density at radius 3 is 2.22 bits per heavy atom. The van der Waals surface area contributed by atoms with Gasteiger partial charge in [0, 0.05) is 18.6 Å². The molecule has 9 heteroatoms. The third kappa shape index (κ3) is 8.58. The van der Waals surface area contributed by atoms with Gasteiger partial charge >= 0.3 is 11.9 Å². The highest BCUT2D eigenvalue weighted by atomic mass is 16.5. The second-order valence-corrected chi connectivity index (χ2v) is 7.47. The molecule has 32 heavy (non-hydrogen) atoms. The van der Waals surface area contributed by atoms with E-state index >= 15 is 0 Å². The van der Waals surface area contributed by atoms with E-state index in [0.29, 0.717) is 44.1 Å². The Morgan fingerprint density at radius 1 is 1.03 bits per heavy atom. The van der Waals surface area contributed by atoms with Crippen LogP contribution in [0.2, 0.25) is 0 Å². The summed E-state index contributed by atoms with van der Waals surface area (Å²) in [6, 6.07) is 18.3. The Balaban J connectivity index is 0.000000390. The van der Waals surface area contributed by atoms with Gasteiger partial charge in [0.1, 0.15) is 0 Å². The van der Waals surface area contributed by atoms with Crippen LogP contribution >= 0.6 is 0 Å². The summed E-state index contributed by atoms with van der Waals surface area (Å²) in [5.74, 6) is -1.88. The molecule has 0 saturated carbocycles. The fourth-order valence-electron chi connectivity index (χ4n) is 2.84. The molecule has 0 aliphatic heterocycles. The molecule has 0 radical (unpaired) electrons. The number of hydroxylamine groups is 3. The standard InChI is InChI=1S/C19H23N3O2.C4H4O4/c1-22(2,23)13-8-14-24-19-17-11-6-7-12-18(17)21(20-19)15-16-9-4-3-5-10-16;5-3(6)1-2-4(7)8/h3-7,9-12H,8,13-15H2,1-2H3;1-2H,(H,5,6)(H,7,8)/b;2-1-. The highest BCUT2D eigenvalue weighted by molar-refractivity contribution is 5.89. The minimum Gasteiger partial charge on any atom is -0.633 e. The lowest BCUT2D eigenvalue weighted by Crippen LogP contribution is -2.33. The van der Waals surface area contributed by atoms with E-state index in [9.17, 15) is 14.8 Å². The van der Waals surface area contributed by atoms with Crippen molar-refractivity contribution in [1.82, 2.24) is 9.78 Å². The van der Waals surface area contributed by atoms with Gasteiger partial charge in [-0.1, -0.05) is 42.5 Å². The van der Waals surface area contributed by atoms with Crippen LogP contribution in [0.4, 0.5) is 0 Å². The summed E-state index contributed by atoms with van der Waals surface area (Å²) < 4.78 is 7.52. The van der Waals surface area contributed by atoms with E-state index < -0.39 is 11.9 Å². The maximum atomic E-state index is 11.6. The van der Waals surface area contributed by atoms with Gasteiger partial charge < -0.3 is 24.8 Å². The molecule has 1 aromatic heterocycles. The van der Waals surface area contributed by atoms with Crippen molar-refractivity contribution < 1.29 is 29.2 Å². The maximum absolute atomic E-state index is 11.6. The zero-order valence-corrected chi connectivity index (χ0v) is 18.0. The molecule has 0 bridgehead atoms. The van der Waals surface area contributed by atoms with Crippen LogP contribution < -0.4 is 4.74 Å². The van der Waals surface area contributed by atoms with E-state index in [-0.39, 0.29) is 4.65 Å². The number of rotatable bonds is 9. The lowest BCUT2D eigenvalue weighted by molar-refractivity contribution is -0.840. The summed E-state index contributed by atoms with van der Waals surface area (Å²) in [4.78, 5) is 19.1. The highest BCUT2D eigenvalue weighted by Gasteiger charge is 2.12. The first kappa shape index (κ1) is 24.6. The molecule has 3 aromatic rings. The van der Waals surface area contributed by atoms with E-state index in [1.165, 1.54) is 5.56 Å². The van der Waals surface area contributed by atoms with Crippen LogP contribution in [0.3, 0.4) is 0 Å². The number of hydrogen-bond acceptors (Lipinski definition) is 5. The van der Waals surface area contributed by atoms with Gasteiger partial charge in [0.15, 0.2) is 0 Å². The maximum Gasteiger partial charge on any atom is 0.328 e. The summed E-state index contributed by atoms with van der Waals surface area (Å²) in [6.45, 7) is 1.73. The largest absolute Gasteiger partial charge is 0.633 e. The fraction of sp³-hybridized carbons (Fsp3) is 0.261. The van der Waals surface area contributed by atoms with E-state index in [0.717, 1.165) is 10.9 Å². The van der Waals surface area contributed by atoms with E-state index in [4.69, 9.17) is 14.9 Å². The number of para-hydroxylation sites is 1. The second kappa shape index (κ2) is 11.6. The summed E-state index contributed by atoms with van der Waals surface area (Å²) in [7, 11) is 3.29. The molecule has 0 unspecified atom stereocenters. The molecule has 0 spiro atoms. The van der Waals surface area contributed by atoms with E-state index in [1.54, 1.807) is 14.1 Å². The highest BCUT2D eigenvalue weighted by Crippen LogP contribution is 2.25. The van der Waals surface area contributed by atoms with Crippen molar-refractivity contribution in [2.45, 2.75) is 13.0 Å². The van der Waals surface area contributed by atoms with Gasteiger partial charge in [-0.15, -0.1) is 5.10 Å². The lowest BCUT2D eigenvalue weighted by atomic mass is 10.2. The molecule has 0 amide bonds. The number of benzene rings is 2. The number of fused-ring (bicyclic) bond motifs is 1. The fourth-order valence-corrected chi connectivity index (χ4v) is 2.84. The Hall–Kier alpha value is -3.69. The molecule has 0 saturated heterocycles. The summed E-state index contributed by atoms with van der Waals surface area (Å²) in [5.41, 5.74) is 2.25. The normalized spacial score (nSPS) is 11.2. The van der Waals surface area contributed by atoms with Crippen LogP contribution in [0.15, 0.2) is 66.7 Å². The number of carboxylic acid groups (broad SMARTS) is 2. The van der Waals surface area contributed by atoms with Crippen LogP contribution in [0.1, 0.15) is 12.0 Å². The SMILES string of the molecule is C[N+](C)([O-])CCCOc1nn(Cc2ccccc2)c2ccccc12.O=C(O)/C=C\C(=O)O. The number of carboxylic acids is 2.